The highest BCUT2D eigenvalue weighted by Gasteiger charge is 2.17. The van der Waals surface area contributed by atoms with Crippen molar-refractivity contribution in [3.05, 3.63) is 29.3 Å². The van der Waals surface area contributed by atoms with Crippen molar-refractivity contribution in [3.8, 4) is 0 Å². The minimum atomic E-state index is -0.138. The van der Waals surface area contributed by atoms with Gasteiger partial charge in [0.15, 0.2) is 10.3 Å². The van der Waals surface area contributed by atoms with Crippen LogP contribution in [-0.4, -0.2) is 34.9 Å². The maximum atomic E-state index is 12.4. The highest BCUT2D eigenvalue weighted by Crippen LogP contribution is 2.32. The number of hydrogen-bond donors (Lipinski definition) is 2. The number of anilines is 3. The Bertz CT molecular complexity index is 1040. The first-order valence-electron chi connectivity index (χ1n) is 9.68. The fourth-order valence-electron chi connectivity index (χ4n) is 3.10. The number of carbonyl (C=O) groups excluding carboxylic acids is 2. The van der Waals surface area contributed by atoms with E-state index in [-0.39, 0.29) is 24.2 Å². The Morgan fingerprint density at radius 1 is 1.17 bits per heavy atom. The predicted molar refractivity (Wildman–Crippen MR) is 119 cm³/mol. The second kappa shape index (κ2) is 8.46. The summed E-state index contributed by atoms with van der Waals surface area (Å²) in [6.07, 6.45) is 2.60. The normalized spacial score (nSPS) is 14.0. The van der Waals surface area contributed by atoms with E-state index >= 15 is 0 Å². The fourth-order valence-corrected chi connectivity index (χ4v) is 4.87. The molecule has 1 aliphatic heterocycles. The molecule has 3 aromatic rings. The number of nitrogens with zero attached hydrogens (tertiary/aromatic N) is 3. The van der Waals surface area contributed by atoms with Crippen molar-refractivity contribution in [2.45, 2.75) is 33.1 Å². The quantitative estimate of drug-likeness (QED) is 0.615. The van der Waals surface area contributed by atoms with Crippen molar-refractivity contribution in [3.63, 3.8) is 0 Å². The lowest BCUT2D eigenvalue weighted by molar-refractivity contribution is -0.119. The van der Waals surface area contributed by atoms with Crippen LogP contribution >= 0.6 is 22.7 Å². The molecule has 2 aromatic heterocycles. The molecule has 1 aromatic carbocycles. The summed E-state index contributed by atoms with van der Waals surface area (Å²) in [5.74, 6) is -0.333. The number of carbonyl (C=O) groups is 2. The van der Waals surface area contributed by atoms with Crippen LogP contribution in [0.15, 0.2) is 23.6 Å². The lowest BCUT2D eigenvalue weighted by atomic mass is 10.2. The third-order valence-corrected chi connectivity index (χ3v) is 6.57. The van der Waals surface area contributed by atoms with Gasteiger partial charge in [-0.25, -0.2) is 9.97 Å². The van der Waals surface area contributed by atoms with Gasteiger partial charge in [0.1, 0.15) is 0 Å². The molecule has 1 saturated heterocycles. The Labute approximate surface area is 177 Å². The van der Waals surface area contributed by atoms with Crippen molar-refractivity contribution in [1.82, 2.24) is 9.97 Å². The van der Waals surface area contributed by atoms with Crippen LogP contribution in [0.25, 0.3) is 10.2 Å². The first-order chi connectivity index (χ1) is 14.0. The smallest absolute Gasteiger partial charge is 0.230 e. The summed E-state index contributed by atoms with van der Waals surface area (Å²) >= 11 is 2.99. The van der Waals surface area contributed by atoms with Crippen LogP contribution in [0.2, 0.25) is 0 Å². The number of hydrogen-bond acceptors (Lipinski definition) is 7. The van der Waals surface area contributed by atoms with Crippen LogP contribution in [0.5, 0.6) is 0 Å². The molecule has 2 amide bonds. The first kappa shape index (κ1) is 19.8. The number of amides is 2. The molecule has 0 aliphatic carbocycles. The Balaban J connectivity index is 1.38. The molecule has 1 aliphatic rings. The molecule has 29 heavy (non-hydrogen) atoms. The van der Waals surface area contributed by atoms with E-state index in [9.17, 15) is 9.59 Å². The van der Waals surface area contributed by atoms with Gasteiger partial charge < -0.3 is 15.5 Å². The SMILES string of the molecule is CC(C)C(=O)Nc1nc(CC(=O)Nc2ccc3nc(N4CCCC4)sc3c2)cs1. The maximum absolute atomic E-state index is 12.4. The maximum Gasteiger partial charge on any atom is 0.230 e. The van der Waals surface area contributed by atoms with E-state index in [4.69, 9.17) is 4.98 Å². The average molecular weight is 430 g/mol. The molecule has 1 fully saturated rings. The van der Waals surface area contributed by atoms with E-state index < -0.39 is 0 Å². The van der Waals surface area contributed by atoms with Gasteiger partial charge in [-0.05, 0) is 31.0 Å². The van der Waals surface area contributed by atoms with Gasteiger partial charge in [0, 0.05) is 30.1 Å². The summed E-state index contributed by atoms with van der Waals surface area (Å²) in [7, 11) is 0. The molecule has 0 atom stereocenters. The van der Waals surface area contributed by atoms with Gasteiger partial charge in [0.05, 0.1) is 22.3 Å². The van der Waals surface area contributed by atoms with Gasteiger partial charge in [-0.15, -0.1) is 11.3 Å². The van der Waals surface area contributed by atoms with Gasteiger partial charge in [-0.2, -0.15) is 0 Å². The van der Waals surface area contributed by atoms with Crippen LogP contribution in [-0.2, 0) is 16.0 Å². The molecule has 2 N–H and O–H groups in total. The summed E-state index contributed by atoms with van der Waals surface area (Å²) in [5.41, 5.74) is 2.35. The molecule has 152 valence electrons. The van der Waals surface area contributed by atoms with E-state index in [1.165, 1.54) is 24.2 Å². The van der Waals surface area contributed by atoms with Crippen LogP contribution in [0.4, 0.5) is 16.0 Å². The number of fused-ring (bicyclic) bond motifs is 1. The van der Waals surface area contributed by atoms with E-state index in [1.807, 2.05) is 32.0 Å². The molecule has 9 heteroatoms. The van der Waals surface area contributed by atoms with Crippen molar-refractivity contribution in [1.29, 1.82) is 0 Å². The van der Waals surface area contributed by atoms with Crippen molar-refractivity contribution < 1.29 is 9.59 Å². The second-order valence-corrected chi connectivity index (χ2v) is 9.25. The van der Waals surface area contributed by atoms with Gasteiger partial charge >= 0.3 is 0 Å². The highest BCUT2D eigenvalue weighted by molar-refractivity contribution is 7.22. The molecule has 3 heterocycles. The summed E-state index contributed by atoms with van der Waals surface area (Å²) in [5, 5.41) is 9.06. The van der Waals surface area contributed by atoms with Crippen LogP contribution in [0.3, 0.4) is 0 Å². The van der Waals surface area contributed by atoms with Crippen LogP contribution in [0, 0.1) is 5.92 Å². The summed E-state index contributed by atoms with van der Waals surface area (Å²) in [6.45, 7) is 5.78. The van der Waals surface area contributed by atoms with Crippen molar-refractivity contribution in [2.24, 2.45) is 5.92 Å². The molecule has 0 spiro atoms. The molecule has 0 saturated carbocycles. The number of nitrogens with one attached hydrogen (secondary N) is 2. The Morgan fingerprint density at radius 2 is 1.97 bits per heavy atom. The van der Waals surface area contributed by atoms with E-state index in [0.29, 0.717) is 10.8 Å². The summed E-state index contributed by atoms with van der Waals surface area (Å²) in [4.78, 5) is 35.5. The highest BCUT2D eigenvalue weighted by atomic mass is 32.1. The molecular weight excluding hydrogens is 406 g/mol. The Hall–Kier alpha value is -2.52. The molecule has 0 radical (unpaired) electrons. The minimum absolute atomic E-state index is 0.0819. The van der Waals surface area contributed by atoms with E-state index in [0.717, 1.165) is 34.1 Å². The zero-order valence-electron chi connectivity index (χ0n) is 16.4. The predicted octanol–water partition coefficient (Wildman–Crippen LogP) is 4.13. The average Bonchev–Trinajstić information content (AvgIpc) is 3.41. The Morgan fingerprint density at radius 3 is 2.72 bits per heavy atom. The molecule has 7 nitrogen and oxygen atoms in total. The van der Waals surface area contributed by atoms with Crippen molar-refractivity contribution in [2.75, 3.05) is 28.6 Å². The zero-order chi connectivity index (χ0) is 20.4. The number of rotatable bonds is 6. The molecule has 4 rings (SSSR count). The van der Waals surface area contributed by atoms with Crippen LogP contribution < -0.4 is 15.5 Å². The molecule has 0 unspecified atom stereocenters. The largest absolute Gasteiger partial charge is 0.348 e. The van der Waals surface area contributed by atoms with Crippen LogP contribution in [0.1, 0.15) is 32.4 Å². The Kier molecular flexibility index (Phi) is 5.77. The topological polar surface area (TPSA) is 87.2 Å². The van der Waals surface area contributed by atoms with Crippen molar-refractivity contribution >= 4 is 60.7 Å². The third-order valence-electron chi connectivity index (χ3n) is 4.69. The lowest BCUT2D eigenvalue weighted by Crippen LogP contribution is -2.18. The number of aromatic nitrogens is 2. The van der Waals surface area contributed by atoms with E-state index in [2.05, 4.69) is 20.5 Å². The molecular formula is C20H23N5O2S2. The minimum Gasteiger partial charge on any atom is -0.348 e. The summed E-state index contributed by atoms with van der Waals surface area (Å²) in [6, 6.07) is 5.80. The zero-order valence-corrected chi connectivity index (χ0v) is 18.0. The van der Waals surface area contributed by atoms with E-state index in [1.54, 1.807) is 16.7 Å². The van der Waals surface area contributed by atoms with Gasteiger partial charge in [-0.1, -0.05) is 25.2 Å². The van der Waals surface area contributed by atoms with Gasteiger partial charge in [0.25, 0.3) is 0 Å². The third kappa shape index (κ3) is 4.73. The van der Waals surface area contributed by atoms with Gasteiger partial charge in [-0.3, -0.25) is 9.59 Å². The summed E-state index contributed by atoms with van der Waals surface area (Å²) < 4.78 is 1.07. The first-order valence-corrected chi connectivity index (χ1v) is 11.4. The second-order valence-electron chi connectivity index (χ2n) is 7.39. The number of benzene rings is 1. The fraction of sp³-hybridized carbons (Fsp3) is 0.400. The standard InChI is InChI=1S/C20H23N5O2S2/c1-12(2)18(27)24-19-22-14(11-28-19)10-17(26)21-13-5-6-15-16(9-13)29-20(23-15)25-7-3-4-8-25/h5-6,9,11-12H,3-4,7-8,10H2,1-2H3,(H,21,26)(H,22,24,27). The number of thiazole rings is 2. The monoisotopic (exact) mass is 429 g/mol. The van der Waals surface area contributed by atoms with Gasteiger partial charge in [0.2, 0.25) is 11.8 Å². The lowest BCUT2D eigenvalue weighted by Gasteiger charge is -2.11. The molecule has 0 bridgehead atoms.